The molecule has 0 bridgehead atoms. The lowest BCUT2D eigenvalue weighted by molar-refractivity contribution is -0.138. The van der Waals surface area contributed by atoms with Crippen molar-refractivity contribution in [2.45, 2.75) is 13.1 Å². The Morgan fingerprint density at radius 2 is 2.11 bits per heavy atom. The van der Waals surface area contributed by atoms with Gasteiger partial charge in [-0.15, -0.1) is 0 Å². The Labute approximate surface area is 111 Å². The number of halogens is 4. The standard InChI is InChI=1S/C12H10BrF3O2/c1-2-18-11(17)6-4-8-3-5-9(10(13)7-8)12(14,15)16/h3-7H,2H2,1H3/b6-4+. The SMILES string of the molecule is CCOC(=O)/C=C/c1ccc(C(F)(F)F)c(Br)c1. The average Bonchev–Trinajstić information content (AvgIpc) is 2.25. The summed E-state index contributed by atoms with van der Waals surface area (Å²) < 4.78 is 42.0. The summed E-state index contributed by atoms with van der Waals surface area (Å²) in [6, 6.07) is 3.52. The maximum atomic E-state index is 12.5. The first kappa shape index (κ1) is 14.8. The van der Waals surface area contributed by atoms with Gasteiger partial charge in [0, 0.05) is 10.5 Å². The molecule has 0 unspecified atom stereocenters. The highest BCUT2D eigenvalue weighted by atomic mass is 79.9. The molecule has 0 N–H and O–H groups in total. The number of hydrogen-bond donors (Lipinski definition) is 0. The van der Waals surface area contributed by atoms with Crippen molar-refractivity contribution in [2.24, 2.45) is 0 Å². The van der Waals surface area contributed by atoms with Crippen LogP contribution in [0.25, 0.3) is 6.08 Å². The van der Waals surface area contributed by atoms with Crippen molar-refractivity contribution in [1.29, 1.82) is 0 Å². The number of carbonyl (C=O) groups excluding carboxylic acids is 1. The van der Waals surface area contributed by atoms with E-state index in [0.717, 1.165) is 6.07 Å². The van der Waals surface area contributed by atoms with E-state index in [1.807, 2.05) is 0 Å². The van der Waals surface area contributed by atoms with Crippen molar-refractivity contribution in [3.63, 3.8) is 0 Å². The molecule has 1 rings (SSSR count). The van der Waals surface area contributed by atoms with Crippen LogP contribution in [0.15, 0.2) is 28.7 Å². The zero-order valence-corrected chi connectivity index (χ0v) is 11.0. The quantitative estimate of drug-likeness (QED) is 0.620. The summed E-state index contributed by atoms with van der Waals surface area (Å²) in [5.41, 5.74) is -0.279. The van der Waals surface area contributed by atoms with E-state index >= 15 is 0 Å². The molecule has 18 heavy (non-hydrogen) atoms. The molecular weight excluding hydrogens is 313 g/mol. The molecule has 0 saturated heterocycles. The molecular formula is C12H10BrF3O2. The van der Waals surface area contributed by atoms with E-state index in [-0.39, 0.29) is 11.1 Å². The third kappa shape index (κ3) is 4.18. The number of carbonyl (C=O) groups is 1. The third-order valence-corrected chi connectivity index (χ3v) is 2.65. The first-order chi connectivity index (χ1) is 8.34. The first-order valence-electron chi connectivity index (χ1n) is 5.06. The third-order valence-electron chi connectivity index (χ3n) is 2.00. The van der Waals surface area contributed by atoms with Crippen molar-refractivity contribution < 1.29 is 22.7 Å². The van der Waals surface area contributed by atoms with Crippen molar-refractivity contribution in [3.8, 4) is 0 Å². The number of hydrogen-bond acceptors (Lipinski definition) is 2. The molecule has 0 aliphatic rings. The molecule has 1 aromatic carbocycles. The fourth-order valence-electron chi connectivity index (χ4n) is 1.22. The lowest BCUT2D eigenvalue weighted by atomic mass is 10.1. The van der Waals surface area contributed by atoms with E-state index in [1.54, 1.807) is 6.92 Å². The molecule has 0 aliphatic carbocycles. The highest BCUT2D eigenvalue weighted by Crippen LogP contribution is 2.35. The Bertz CT molecular complexity index is 467. The normalized spacial score (nSPS) is 11.8. The molecule has 0 amide bonds. The lowest BCUT2D eigenvalue weighted by Gasteiger charge is -2.09. The van der Waals surface area contributed by atoms with E-state index in [9.17, 15) is 18.0 Å². The summed E-state index contributed by atoms with van der Waals surface area (Å²) >= 11 is 2.85. The molecule has 0 aromatic heterocycles. The smallest absolute Gasteiger partial charge is 0.417 e. The molecule has 0 radical (unpaired) electrons. The van der Waals surface area contributed by atoms with Crippen molar-refractivity contribution in [2.75, 3.05) is 6.61 Å². The largest absolute Gasteiger partial charge is 0.463 e. The Balaban J connectivity index is 2.89. The molecule has 0 spiro atoms. The second-order valence-electron chi connectivity index (χ2n) is 3.32. The zero-order chi connectivity index (χ0) is 13.8. The fourth-order valence-corrected chi connectivity index (χ4v) is 1.84. The predicted octanol–water partition coefficient (Wildman–Crippen LogP) is 4.04. The minimum atomic E-state index is -4.40. The van der Waals surface area contributed by atoms with Gasteiger partial charge in [0.15, 0.2) is 0 Å². The van der Waals surface area contributed by atoms with Gasteiger partial charge in [-0.05, 0) is 30.7 Å². The van der Waals surface area contributed by atoms with Gasteiger partial charge < -0.3 is 4.74 Å². The van der Waals surface area contributed by atoms with Crippen LogP contribution in [0, 0.1) is 0 Å². The Morgan fingerprint density at radius 1 is 1.44 bits per heavy atom. The van der Waals surface area contributed by atoms with Gasteiger partial charge >= 0.3 is 12.1 Å². The van der Waals surface area contributed by atoms with Crippen LogP contribution in [-0.4, -0.2) is 12.6 Å². The molecule has 2 nitrogen and oxygen atoms in total. The molecule has 0 heterocycles. The zero-order valence-electron chi connectivity index (χ0n) is 9.42. The molecule has 98 valence electrons. The maximum absolute atomic E-state index is 12.5. The molecule has 0 saturated carbocycles. The van der Waals surface area contributed by atoms with Crippen LogP contribution in [0.5, 0.6) is 0 Å². The first-order valence-corrected chi connectivity index (χ1v) is 5.85. The molecule has 0 atom stereocenters. The average molecular weight is 323 g/mol. The van der Waals surface area contributed by atoms with E-state index in [0.29, 0.717) is 5.56 Å². The second kappa shape index (κ2) is 6.04. The highest BCUT2D eigenvalue weighted by molar-refractivity contribution is 9.10. The van der Waals surface area contributed by atoms with Gasteiger partial charge in [-0.3, -0.25) is 0 Å². The number of rotatable bonds is 3. The van der Waals surface area contributed by atoms with E-state index in [1.165, 1.54) is 24.3 Å². The number of alkyl halides is 3. The Morgan fingerprint density at radius 3 is 2.61 bits per heavy atom. The van der Waals surface area contributed by atoms with Gasteiger partial charge in [-0.25, -0.2) is 4.79 Å². The van der Waals surface area contributed by atoms with Gasteiger partial charge in [0.05, 0.1) is 12.2 Å². The van der Waals surface area contributed by atoms with Crippen molar-refractivity contribution in [3.05, 3.63) is 39.9 Å². The minimum absolute atomic E-state index is 0.0685. The minimum Gasteiger partial charge on any atom is -0.463 e. The summed E-state index contributed by atoms with van der Waals surface area (Å²) in [6.45, 7) is 1.92. The van der Waals surface area contributed by atoms with Crippen LogP contribution in [0.1, 0.15) is 18.1 Å². The summed E-state index contributed by atoms with van der Waals surface area (Å²) in [6.07, 6.45) is -1.84. The monoisotopic (exact) mass is 322 g/mol. The summed E-state index contributed by atoms with van der Waals surface area (Å²) in [5.74, 6) is -0.534. The summed E-state index contributed by atoms with van der Waals surface area (Å²) in [5, 5.41) is 0. The topological polar surface area (TPSA) is 26.3 Å². The van der Waals surface area contributed by atoms with Crippen LogP contribution >= 0.6 is 15.9 Å². The Kier molecular flexibility index (Phi) is 4.95. The van der Waals surface area contributed by atoms with Crippen LogP contribution in [0.3, 0.4) is 0 Å². The van der Waals surface area contributed by atoms with Crippen LogP contribution in [-0.2, 0) is 15.7 Å². The highest BCUT2D eigenvalue weighted by Gasteiger charge is 2.32. The molecule has 6 heteroatoms. The summed E-state index contributed by atoms with van der Waals surface area (Å²) in [7, 11) is 0. The van der Waals surface area contributed by atoms with Gasteiger partial charge in [-0.2, -0.15) is 13.2 Å². The number of ether oxygens (including phenoxy) is 1. The summed E-state index contributed by atoms with van der Waals surface area (Å²) in [4.78, 5) is 11.0. The van der Waals surface area contributed by atoms with Crippen molar-refractivity contribution >= 4 is 28.0 Å². The molecule has 0 aliphatic heterocycles. The van der Waals surface area contributed by atoms with Gasteiger partial charge in [0.25, 0.3) is 0 Å². The number of esters is 1. The van der Waals surface area contributed by atoms with E-state index < -0.39 is 17.7 Å². The lowest BCUT2D eigenvalue weighted by Crippen LogP contribution is -2.05. The van der Waals surface area contributed by atoms with Gasteiger partial charge in [0.2, 0.25) is 0 Å². The van der Waals surface area contributed by atoms with Gasteiger partial charge in [-0.1, -0.05) is 22.0 Å². The van der Waals surface area contributed by atoms with Crippen molar-refractivity contribution in [1.82, 2.24) is 0 Å². The van der Waals surface area contributed by atoms with Crippen LogP contribution in [0.2, 0.25) is 0 Å². The second-order valence-corrected chi connectivity index (χ2v) is 4.18. The number of benzene rings is 1. The molecule has 0 fully saturated rings. The van der Waals surface area contributed by atoms with E-state index in [4.69, 9.17) is 0 Å². The Hall–Kier alpha value is -1.30. The maximum Gasteiger partial charge on any atom is 0.417 e. The van der Waals surface area contributed by atoms with E-state index in [2.05, 4.69) is 20.7 Å². The van der Waals surface area contributed by atoms with Crippen LogP contribution < -0.4 is 0 Å². The molecule has 1 aromatic rings. The predicted molar refractivity (Wildman–Crippen MR) is 64.8 cm³/mol. The van der Waals surface area contributed by atoms with Gasteiger partial charge in [0.1, 0.15) is 0 Å². The fraction of sp³-hybridized carbons (Fsp3) is 0.250. The van der Waals surface area contributed by atoms with Crippen LogP contribution in [0.4, 0.5) is 13.2 Å².